The van der Waals surface area contributed by atoms with Crippen LogP contribution in [0, 0.1) is 23.7 Å². The van der Waals surface area contributed by atoms with Crippen molar-refractivity contribution in [3.05, 3.63) is 107 Å². The molecule has 0 spiro atoms. The molecule has 2 nitrogen and oxygen atoms in total. The maximum atomic E-state index is 4.94. The van der Waals surface area contributed by atoms with Crippen LogP contribution >= 0.6 is 0 Å². The molecule has 0 N–H and O–H groups in total. The van der Waals surface area contributed by atoms with Crippen LogP contribution in [0.15, 0.2) is 84.9 Å². The summed E-state index contributed by atoms with van der Waals surface area (Å²) < 4.78 is 0. The van der Waals surface area contributed by atoms with Crippen molar-refractivity contribution in [3.8, 4) is 46.2 Å². The van der Waals surface area contributed by atoms with Gasteiger partial charge in [0.05, 0.1) is 22.5 Å². The van der Waals surface area contributed by atoms with Crippen LogP contribution in [0.5, 0.6) is 0 Å². The second-order valence-corrected chi connectivity index (χ2v) is 8.84. The standard InChI is InChI=1S/C34H32N2/c1-3-5-21-31-25-23-29(33(35-31)27-15-9-7-10-16-27)19-13-14-20-30-24-26-32(22-6-4-2)36-34(30)28-17-11-8-12-18-28/h7-12,15-18,23-26H,3-6,21-22H2,1-2H3. The van der Waals surface area contributed by atoms with Gasteiger partial charge in [0.1, 0.15) is 0 Å². The lowest BCUT2D eigenvalue weighted by Crippen LogP contribution is -1.96. The van der Waals surface area contributed by atoms with Crippen molar-refractivity contribution in [1.29, 1.82) is 0 Å². The van der Waals surface area contributed by atoms with E-state index in [-0.39, 0.29) is 0 Å². The van der Waals surface area contributed by atoms with Crippen molar-refractivity contribution in [2.75, 3.05) is 0 Å². The van der Waals surface area contributed by atoms with Gasteiger partial charge in [0.15, 0.2) is 0 Å². The predicted molar refractivity (Wildman–Crippen MR) is 150 cm³/mol. The van der Waals surface area contributed by atoms with Crippen molar-refractivity contribution in [3.63, 3.8) is 0 Å². The Balaban J connectivity index is 1.66. The zero-order chi connectivity index (χ0) is 25.0. The molecule has 4 rings (SSSR count). The second kappa shape index (κ2) is 13.1. The highest BCUT2D eigenvalue weighted by Gasteiger charge is 2.08. The maximum Gasteiger partial charge on any atom is 0.0861 e. The predicted octanol–water partition coefficient (Wildman–Crippen LogP) is 7.90. The topological polar surface area (TPSA) is 25.8 Å². The summed E-state index contributed by atoms with van der Waals surface area (Å²) in [7, 11) is 0. The Morgan fingerprint density at radius 2 is 0.944 bits per heavy atom. The lowest BCUT2D eigenvalue weighted by atomic mass is 10.0. The first-order chi connectivity index (χ1) is 17.8. The molecule has 0 bridgehead atoms. The van der Waals surface area contributed by atoms with Crippen LogP contribution in [-0.4, -0.2) is 9.97 Å². The summed E-state index contributed by atoms with van der Waals surface area (Å²) in [5.41, 5.74) is 8.00. The Morgan fingerprint density at radius 1 is 0.528 bits per heavy atom. The van der Waals surface area contributed by atoms with E-state index in [9.17, 15) is 0 Å². The summed E-state index contributed by atoms with van der Waals surface area (Å²) in [5.74, 6) is 12.7. The molecular formula is C34H32N2. The number of aryl methyl sites for hydroxylation is 2. The van der Waals surface area contributed by atoms with Crippen LogP contribution in [0.3, 0.4) is 0 Å². The van der Waals surface area contributed by atoms with Crippen molar-refractivity contribution >= 4 is 0 Å². The Hall–Kier alpha value is -4.14. The maximum absolute atomic E-state index is 4.94. The van der Waals surface area contributed by atoms with E-state index in [1.807, 2.05) is 36.4 Å². The molecular weight excluding hydrogens is 436 g/mol. The molecule has 178 valence electrons. The van der Waals surface area contributed by atoms with E-state index >= 15 is 0 Å². The highest BCUT2D eigenvalue weighted by atomic mass is 14.7. The van der Waals surface area contributed by atoms with E-state index in [2.05, 4.69) is 86.1 Å². The zero-order valence-electron chi connectivity index (χ0n) is 21.2. The third-order valence-electron chi connectivity index (χ3n) is 6.03. The van der Waals surface area contributed by atoms with Crippen molar-refractivity contribution in [2.45, 2.75) is 52.4 Å². The molecule has 0 aliphatic rings. The van der Waals surface area contributed by atoms with E-state index in [4.69, 9.17) is 9.97 Å². The normalized spacial score (nSPS) is 10.2. The van der Waals surface area contributed by atoms with Crippen LogP contribution < -0.4 is 0 Å². The molecule has 2 heteroatoms. The summed E-state index contributed by atoms with van der Waals surface area (Å²) in [4.78, 5) is 9.89. The molecule has 0 unspecified atom stereocenters. The van der Waals surface area contributed by atoms with E-state index < -0.39 is 0 Å². The third kappa shape index (κ3) is 6.71. The van der Waals surface area contributed by atoms with Crippen LogP contribution in [0.2, 0.25) is 0 Å². The minimum atomic E-state index is 0.895. The van der Waals surface area contributed by atoms with Crippen LogP contribution in [0.1, 0.15) is 62.0 Å². The van der Waals surface area contributed by atoms with Gasteiger partial charge in [-0.3, -0.25) is 9.97 Å². The molecule has 0 aliphatic heterocycles. The fourth-order valence-electron chi connectivity index (χ4n) is 4.02. The number of pyridine rings is 2. The highest BCUT2D eigenvalue weighted by Crippen LogP contribution is 2.23. The molecule has 0 radical (unpaired) electrons. The molecule has 0 saturated heterocycles. The summed E-state index contributed by atoms with van der Waals surface area (Å²) in [6.07, 6.45) is 6.53. The Bertz CT molecular complexity index is 1290. The Morgan fingerprint density at radius 3 is 1.33 bits per heavy atom. The number of rotatable bonds is 8. The number of unbranched alkanes of at least 4 members (excludes halogenated alkanes) is 2. The second-order valence-electron chi connectivity index (χ2n) is 8.84. The molecule has 2 aromatic carbocycles. The van der Waals surface area contributed by atoms with Crippen molar-refractivity contribution in [2.24, 2.45) is 0 Å². The first-order valence-corrected chi connectivity index (χ1v) is 12.9. The number of nitrogens with zero attached hydrogens (tertiary/aromatic N) is 2. The van der Waals surface area contributed by atoms with Crippen LogP contribution in [0.4, 0.5) is 0 Å². The van der Waals surface area contributed by atoms with Gasteiger partial charge in [-0.25, -0.2) is 0 Å². The monoisotopic (exact) mass is 468 g/mol. The largest absolute Gasteiger partial charge is 0.252 e. The van der Waals surface area contributed by atoms with Gasteiger partial charge in [0.2, 0.25) is 0 Å². The smallest absolute Gasteiger partial charge is 0.0861 e. The SMILES string of the molecule is CCCCc1ccc(C#CC#Cc2ccc(CCCC)nc2-c2ccccc2)c(-c2ccccc2)n1. The highest BCUT2D eigenvalue weighted by molar-refractivity contribution is 5.69. The van der Waals surface area contributed by atoms with E-state index in [1.165, 1.54) is 0 Å². The third-order valence-corrected chi connectivity index (χ3v) is 6.03. The minimum absolute atomic E-state index is 0.895. The van der Waals surface area contributed by atoms with Gasteiger partial charge in [0, 0.05) is 22.5 Å². The van der Waals surface area contributed by atoms with Gasteiger partial charge in [-0.1, -0.05) is 99.2 Å². The summed E-state index contributed by atoms with van der Waals surface area (Å²) in [6.45, 7) is 4.40. The lowest BCUT2D eigenvalue weighted by molar-refractivity contribution is 0.777. The first kappa shape index (κ1) is 25.0. The molecule has 0 aliphatic carbocycles. The number of aromatic nitrogens is 2. The van der Waals surface area contributed by atoms with Gasteiger partial charge >= 0.3 is 0 Å². The number of benzene rings is 2. The van der Waals surface area contributed by atoms with Crippen molar-refractivity contribution in [1.82, 2.24) is 9.97 Å². The van der Waals surface area contributed by atoms with Crippen LogP contribution in [0.25, 0.3) is 22.5 Å². The Kier molecular flexibility index (Phi) is 9.07. The summed E-state index contributed by atoms with van der Waals surface area (Å²) >= 11 is 0. The average Bonchev–Trinajstić information content (AvgIpc) is 2.94. The fourth-order valence-corrected chi connectivity index (χ4v) is 4.02. The number of hydrogen-bond donors (Lipinski definition) is 0. The molecule has 0 fully saturated rings. The zero-order valence-corrected chi connectivity index (χ0v) is 21.2. The summed E-state index contributed by atoms with van der Waals surface area (Å²) in [5, 5.41) is 0. The van der Waals surface area contributed by atoms with E-state index in [0.717, 1.165) is 83.6 Å². The summed E-state index contributed by atoms with van der Waals surface area (Å²) in [6, 6.07) is 28.9. The molecule has 4 aromatic rings. The molecule has 36 heavy (non-hydrogen) atoms. The van der Waals surface area contributed by atoms with Gasteiger partial charge in [-0.05, 0) is 61.8 Å². The van der Waals surface area contributed by atoms with Gasteiger partial charge in [-0.2, -0.15) is 0 Å². The fraction of sp³-hybridized carbons (Fsp3) is 0.235. The van der Waals surface area contributed by atoms with E-state index in [0.29, 0.717) is 0 Å². The van der Waals surface area contributed by atoms with E-state index in [1.54, 1.807) is 0 Å². The molecule has 0 atom stereocenters. The molecule has 0 saturated carbocycles. The Labute approximate surface area is 215 Å². The number of hydrogen-bond acceptors (Lipinski definition) is 2. The van der Waals surface area contributed by atoms with Crippen LogP contribution in [-0.2, 0) is 12.8 Å². The van der Waals surface area contributed by atoms with Gasteiger partial charge in [0.25, 0.3) is 0 Å². The quantitative estimate of drug-likeness (QED) is 0.246. The van der Waals surface area contributed by atoms with Gasteiger partial charge < -0.3 is 0 Å². The lowest BCUT2D eigenvalue weighted by Gasteiger charge is -2.07. The van der Waals surface area contributed by atoms with Gasteiger partial charge in [-0.15, -0.1) is 0 Å². The minimum Gasteiger partial charge on any atom is -0.252 e. The van der Waals surface area contributed by atoms with Crippen molar-refractivity contribution < 1.29 is 0 Å². The molecule has 2 heterocycles. The average molecular weight is 469 g/mol. The first-order valence-electron chi connectivity index (χ1n) is 12.9. The molecule has 2 aromatic heterocycles. The molecule has 0 amide bonds.